The van der Waals surface area contributed by atoms with E-state index in [9.17, 15) is 4.79 Å². The largest absolute Gasteiger partial charge is 0.380 e. The number of nitrogens with zero attached hydrogens (tertiary/aromatic N) is 5. The molecule has 3 heterocycles. The Labute approximate surface area is 162 Å². The molecule has 1 amide bonds. The van der Waals surface area contributed by atoms with Crippen molar-refractivity contribution < 1.29 is 14.1 Å². The van der Waals surface area contributed by atoms with Gasteiger partial charge in [-0.05, 0) is 6.92 Å². The van der Waals surface area contributed by atoms with Crippen molar-refractivity contribution in [1.29, 1.82) is 0 Å². The molecule has 0 saturated carbocycles. The number of nitrogens with one attached hydrogen (secondary N) is 1. The van der Waals surface area contributed by atoms with Gasteiger partial charge in [-0.2, -0.15) is 10.1 Å². The minimum absolute atomic E-state index is 0.00790. The van der Waals surface area contributed by atoms with Gasteiger partial charge in [-0.15, -0.1) is 0 Å². The monoisotopic (exact) mass is 382 g/mol. The summed E-state index contributed by atoms with van der Waals surface area (Å²) in [4.78, 5) is 23.4. The molecule has 9 nitrogen and oxygen atoms in total. The molecule has 3 aromatic rings. The maximum atomic E-state index is 12.9. The van der Waals surface area contributed by atoms with E-state index in [1.807, 2.05) is 37.3 Å². The van der Waals surface area contributed by atoms with Gasteiger partial charge < -0.3 is 14.2 Å². The molecule has 1 N–H and O–H groups in total. The first-order valence-electron chi connectivity index (χ1n) is 9.23. The molecule has 0 radical (unpaired) electrons. The van der Waals surface area contributed by atoms with Crippen LogP contribution in [0.1, 0.15) is 36.4 Å². The molecule has 1 saturated heterocycles. The zero-order chi connectivity index (χ0) is 19.5. The highest BCUT2D eigenvalue weighted by molar-refractivity contribution is 5.77. The Balaban J connectivity index is 1.42. The van der Waals surface area contributed by atoms with Crippen LogP contribution in [0.25, 0.3) is 11.4 Å². The summed E-state index contributed by atoms with van der Waals surface area (Å²) in [5.74, 6) is 2.31. The molecule has 1 aromatic carbocycles. The smallest absolute Gasteiger partial charge is 0.227 e. The van der Waals surface area contributed by atoms with Crippen LogP contribution in [0.2, 0.25) is 0 Å². The Hall–Kier alpha value is -3.07. The lowest BCUT2D eigenvalue weighted by molar-refractivity contribution is -0.132. The molecule has 2 aromatic heterocycles. The number of hydrogen-bond donors (Lipinski definition) is 1. The number of carbonyl (C=O) groups is 1. The van der Waals surface area contributed by atoms with Crippen LogP contribution in [0.15, 0.2) is 34.9 Å². The van der Waals surface area contributed by atoms with E-state index >= 15 is 0 Å². The molecule has 4 rings (SSSR count). The molecular weight excluding hydrogens is 360 g/mol. The van der Waals surface area contributed by atoms with Gasteiger partial charge in [0.25, 0.3) is 0 Å². The molecule has 1 aliphatic heterocycles. The van der Waals surface area contributed by atoms with Crippen molar-refractivity contribution >= 4 is 5.91 Å². The first kappa shape index (κ1) is 18.3. The molecule has 0 aliphatic carbocycles. The molecule has 9 heteroatoms. The highest BCUT2D eigenvalue weighted by atomic mass is 16.5. The maximum Gasteiger partial charge on any atom is 0.227 e. The van der Waals surface area contributed by atoms with Gasteiger partial charge in [0.15, 0.2) is 5.82 Å². The van der Waals surface area contributed by atoms with E-state index in [-0.39, 0.29) is 24.5 Å². The van der Waals surface area contributed by atoms with Crippen molar-refractivity contribution in [3.05, 3.63) is 47.9 Å². The quantitative estimate of drug-likeness (QED) is 0.695. The highest BCUT2D eigenvalue weighted by Gasteiger charge is 2.38. The van der Waals surface area contributed by atoms with Crippen LogP contribution in [0.5, 0.6) is 0 Å². The zero-order valence-electron chi connectivity index (χ0n) is 15.8. The summed E-state index contributed by atoms with van der Waals surface area (Å²) >= 11 is 0. The lowest BCUT2D eigenvalue weighted by atomic mass is 10.2. The van der Waals surface area contributed by atoms with E-state index < -0.39 is 0 Å². The maximum absolute atomic E-state index is 12.9. The molecule has 1 fully saturated rings. The Morgan fingerprint density at radius 1 is 1.32 bits per heavy atom. The van der Waals surface area contributed by atoms with E-state index in [0.717, 1.165) is 11.4 Å². The van der Waals surface area contributed by atoms with Crippen molar-refractivity contribution in [2.75, 3.05) is 13.7 Å². The number of H-pyrrole nitrogens is 1. The summed E-state index contributed by atoms with van der Waals surface area (Å²) < 4.78 is 10.8. The molecule has 0 unspecified atom stereocenters. The number of aromatic amines is 1. The van der Waals surface area contributed by atoms with Gasteiger partial charge in [-0.1, -0.05) is 35.5 Å². The Morgan fingerprint density at radius 3 is 2.86 bits per heavy atom. The SMILES string of the molecule is CO[C@H]1C[C@@H](c2n[nH]c(C)n2)N(C(=O)CCc2nc(-c3ccccc3)no2)C1. The Bertz CT molecular complexity index is 938. The minimum atomic E-state index is -0.190. The summed E-state index contributed by atoms with van der Waals surface area (Å²) in [6.07, 6.45) is 1.30. The van der Waals surface area contributed by atoms with Gasteiger partial charge in [-0.25, -0.2) is 4.98 Å². The molecule has 2 atom stereocenters. The van der Waals surface area contributed by atoms with Crippen molar-refractivity contribution in [3.63, 3.8) is 0 Å². The Kier molecular flexibility index (Phi) is 5.16. The summed E-state index contributed by atoms with van der Waals surface area (Å²) in [7, 11) is 1.66. The van der Waals surface area contributed by atoms with Gasteiger partial charge >= 0.3 is 0 Å². The zero-order valence-corrected chi connectivity index (χ0v) is 15.8. The molecule has 1 aliphatic rings. The number of aromatic nitrogens is 5. The van der Waals surface area contributed by atoms with Crippen LogP contribution >= 0.6 is 0 Å². The third-order valence-electron chi connectivity index (χ3n) is 4.88. The van der Waals surface area contributed by atoms with E-state index in [4.69, 9.17) is 9.26 Å². The normalized spacial score (nSPS) is 19.3. The third kappa shape index (κ3) is 3.79. The van der Waals surface area contributed by atoms with E-state index in [1.54, 1.807) is 12.0 Å². The molecular formula is C19H22N6O3. The fourth-order valence-corrected chi connectivity index (χ4v) is 3.42. The summed E-state index contributed by atoms with van der Waals surface area (Å²) in [5, 5.41) is 11.1. The number of methoxy groups -OCH3 is 1. The molecule has 146 valence electrons. The van der Waals surface area contributed by atoms with Crippen molar-refractivity contribution in [1.82, 2.24) is 30.2 Å². The topological polar surface area (TPSA) is 110 Å². The van der Waals surface area contributed by atoms with Crippen LogP contribution in [0, 0.1) is 6.92 Å². The van der Waals surface area contributed by atoms with Crippen LogP contribution in [-0.4, -0.2) is 55.9 Å². The number of rotatable bonds is 6. The molecule has 28 heavy (non-hydrogen) atoms. The van der Waals surface area contributed by atoms with E-state index in [2.05, 4.69) is 25.3 Å². The van der Waals surface area contributed by atoms with Gasteiger partial charge in [0.05, 0.1) is 12.1 Å². The number of ether oxygens (including phenoxy) is 1. The lowest BCUT2D eigenvalue weighted by Gasteiger charge is -2.22. The minimum Gasteiger partial charge on any atom is -0.380 e. The average molecular weight is 382 g/mol. The van der Waals surface area contributed by atoms with E-state index in [0.29, 0.717) is 36.9 Å². The van der Waals surface area contributed by atoms with Gasteiger partial charge in [-0.3, -0.25) is 9.89 Å². The summed E-state index contributed by atoms with van der Waals surface area (Å²) in [6.45, 7) is 2.36. The average Bonchev–Trinajstić information content (AvgIpc) is 3.45. The van der Waals surface area contributed by atoms with Crippen LogP contribution in [-0.2, 0) is 16.0 Å². The lowest BCUT2D eigenvalue weighted by Crippen LogP contribution is -2.32. The Morgan fingerprint density at radius 2 is 2.14 bits per heavy atom. The standard InChI is InChI=1S/C19H22N6O3/c1-12-20-19(23-22-12)15-10-14(27-2)11-25(15)17(26)9-8-16-21-18(24-28-16)13-6-4-3-5-7-13/h3-7,14-15H,8-11H2,1-2H3,(H,20,22,23)/t14-,15-/m0/s1. The number of benzene rings is 1. The van der Waals surface area contributed by atoms with Crippen molar-refractivity contribution in [3.8, 4) is 11.4 Å². The summed E-state index contributed by atoms with van der Waals surface area (Å²) in [5.41, 5.74) is 0.881. The van der Waals surface area contributed by atoms with Crippen LogP contribution in [0.3, 0.4) is 0 Å². The van der Waals surface area contributed by atoms with Crippen LogP contribution in [0.4, 0.5) is 0 Å². The molecule has 0 bridgehead atoms. The van der Waals surface area contributed by atoms with E-state index in [1.165, 1.54) is 0 Å². The second-order valence-corrected chi connectivity index (χ2v) is 6.81. The fourth-order valence-electron chi connectivity index (χ4n) is 3.42. The summed E-state index contributed by atoms with van der Waals surface area (Å²) in [6, 6.07) is 9.40. The van der Waals surface area contributed by atoms with Crippen molar-refractivity contribution in [2.45, 2.75) is 38.3 Å². The number of amides is 1. The predicted octanol–water partition coefficient (Wildman–Crippen LogP) is 2.08. The number of carbonyl (C=O) groups excluding carboxylic acids is 1. The second-order valence-electron chi connectivity index (χ2n) is 6.81. The molecule has 0 spiro atoms. The number of likely N-dealkylation sites (tertiary alicyclic amines) is 1. The predicted molar refractivity (Wildman–Crippen MR) is 99.0 cm³/mol. The first-order valence-corrected chi connectivity index (χ1v) is 9.23. The highest BCUT2D eigenvalue weighted by Crippen LogP contribution is 2.32. The van der Waals surface area contributed by atoms with Crippen LogP contribution < -0.4 is 0 Å². The number of hydrogen-bond acceptors (Lipinski definition) is 7. The fraction of sp³-hybridized carbons (Fsp3) is 0.421. The van der Waals surface area contributed by atoms with Crippen molar-refractivity contribution in [2.24, 2.45) is 0 Å². The van der Waals surface area contributed by atoms with Gasteiger partial charge in [0, 0.05) is 38.5 Å². The van der Waals surface area contributed by atoms with Gasteiger partial charge in [0.1, 0.15) is 5.82 Å². The first-order chi connectivity index (χ1) is 13.6. The number of aryl methyl sites for hydroxylation is 2. The third-order valence-corrected chi connectivity index (χ3v) is 4.88. The second kappa shape index (κ2) is 7.89. The van der Waals surface area contributed by atoms with Gasteiger partial charge in [0.2, 0.25) is 17.6 Å².